The van der Waals surface area contributed by atoms with Gasteiger partial charge in [0, 0.05) is 64.3 Å². The minimum atomic E-state index is -0.699. The van der Waals surface area contributed by atoms with Crippen LogP contribution in [0.4, 0.5) is 9.59 Å². The lowest BCUT2D eigenvalue weighted by molar-refractivity contribution is -0.137. The first-order valence-corrected chi connectivity index (χ1v) is 11.8. The van der Waals surface area contributed by atoms with Gasteiger partial charge in [0.15, 0.2) is 0 Å². The van der Waals surface area contributed by atoms with Crippen LogP contribution in [0.1, 0.15) is 33.1 Å². The van der Waals surface area contributed by atoms with Crippen molar-refractivity contribution in [2.24, 2.45) is 0 Å². The standard InChI is InChI=1S/C22H35N5O9/c1-3-23-21(32)35-14-16(15-36-22(33)24-4-2)34-13-5-6-17(28)25-10-11-26-18(29)9-12-27-19(30)7-8-20(27)31/h7-8,16H,3-6,9-15H2,1-2H3,(H,23,32)(H,24,33)(H,25,28)(H,26,29). The zero-order valence-corrected chi connectivity index (χ0v) is 20.6. The van der Waals surface area contributed by atoms with Crippen LogP contribution in [0.3, 0.4) is 0 Å². The van der Waals surface area contributed by atoms with Crippen LogP contribution < -0.4 is 21.3 Å². The van der Waals surface area contributed by atoms with Crippen LogP contribution in [0.25, 0.3) is 0 Å². The van der Waals surface area contributed by atoms with E-state index in [9.17, 15) is 28.8 Å². The molecule has 0 aromatic rings. The fourth-order valence-corrected chi connectivity index (χ4v) is 2.80. The second-order valence-electron chi connectivity index (χ2n) is 7.47. The fourth-order valence-electron chi connectivity index (χ4n) is 2.80. The second kappa shape index (κ2) is 17.7. The van der Waals surface area contributed by atoms with E-state index >= 15 is 0 Å². The van der Waals surface area contributed by atoms with E-state index in [1.165, 1.54) is 0 Å². The van der Waals surface area contributed by atoms with Crippen LogP contribution in [0.5, 0.6) is 0 Å². The van der Waals surface area contributed by atoms with E-state index in [2.05, 4.69) is 21.3 Å². The minimum absolute atomic E-state index is 0.00745. The maximum absolute atomic E-state index is 12.0. The average molecular weight is 514 g/mol. The van der Waals surface area contributed by atoms with E-state index in [1.807, 2.05) is 0 Å². The number of hydrogen-bond acceptors (Lipinski definition) is 9. The molecular weight excluding hydrogens is 478 g/mol. The third-order valence-corrected chi connectivity index (χ3v) is 4.58. The molecule has 1 aliphatic heterocycles. The number of carbonyl (C=O) groups excluding carboxylic acids is 6. The van der Waals surface area contributed by atoms with Gasteiger partial charge in [-0.2, -0.15) is 0 Å². The van der Waals surface area contributed by atoms with E-state index in [-0.39, 0.29) is 64.1 Å². The number of amides is 6. The molecule has 0 radical (unpaired) electrons. The summed E-state index contributed by atoms with van der Waals surface area (Å²) in [5, 5.41) is 10.2. The third kappa shape index (κ3) is 13.3. The Bertz CT molecular complexity index is 763. The third-order valence-electron chi connectivity index (χ3n) is 4.58. The van der Waals surface area contributed by atoms with E-state index in [0.717, 1.165) is 17.1 Å². The van der Waals surface area contributed by atoms with E-state index in [0.29, 0.717) is 19.5 Å². The summed E-state index contributed by atoms with van der Waals surface area (Å²) in [6.45, 7) is 4.57. The molecule has 0 saturated carbocycles. The first kappa shape index (κ1) is 30.4. The molecule has 0 aromatic heterocycles. The summed E-state index contributed by atoms with van der Waals surface area (Å²) in [4.78, 5) is 70.6. The summed E-state index contributed by atoms with van der Waals surface area (Å²) >= 11 is 0. The van der Waals surface area contributed by atoms with Crippen molar-refractivity contribution in [3.05, 3.63) is 12.2 Å². The highest BCUT2D eigenvalue weighted by Gasteiger charge is 2.23. The number of alkyl carbamates (subject to hydrolysis) is 2. The van der Waals surface area contributed by atoms with Crippen molar-refractivity contribution in [1.82, 2.24) is 26.2 Å². The lowest BCUT2D eigenvalue weighted by Gasteiger charge is -2.18. The van der Waals surface area contributed by atoms with Crippen LogP contribution in [0, 0.1) is 0 Å². The Balaban J connectivity index is 2.19. The summed E-state index contributed by atoms with van der Waals surface area (Å²) < 4.78 is 15.6. The van der Waals surface area contributed by atoms with Crippen molar-refractivity contribution in [2.45, 2.75) is 39.2 Å². The van der Waals surface area contributed by atoms with Crippen LogP contribution in [-0.2, 0) is 33.4 Å². The second-order valence-corrected chi connectivity index (χ2v) is 7.47. The molecule has 1 rings (SSSR count). The maximum Gasteiger partial charge on any atom is 0.407 e. The highest BCUT2D eigenvalue weighted by atomic mass is 16.6. The molecule has 202 valence electrons. The van der Waals surface area contributed by atoms with E-state index < -0.39 is 30.1 Å². The van der Waals surface area contributed by atoms with E-state index in [1.54, 1.807) is 13.8 Å². The van der Waals surface area contributed by atoms with Gasteiger partial charge in [-0.1, -0.05) is 0 Å². The Morgan fingerprint density at radius 1 is 0.806 bits per heavy atom. The van der Waals surface area contributed by atoms with Gasteiger partial charge in [-0.05, 0) is 20.3 Å². The molecule has 0 bridgehead atoms. The highest BCUT2D eigenvalue weighted by molar-refractivity contribution is 6.13. The quantitative estimate of drug-likeness (QED) is 0.143. The number of rotatable bonds is 17. The van der Waals surface area contributed by atoms with Crippen molar-refractivity contribution in [2.75, 3.05) is 52.5 Å². The molecular formula is C22H35N5O9. The molecule has 6 amide bonds. The first-order valence-electron chi connectivity index (χ1n) is 11.8. The summed E-state index contributed by atoms with van der Waals surface area (Å²) in [6.07, 6.45) is 0.858. The van der Waals surface area contributed by atoms with Gasteiger partial charge in [-0.15, -0.1) is 0 Å². The van der Waals surface area contributed by atoms with Gasteiger partial charge < -0.3 is 35.5 Å². The lowest BCUT2D eigenvalue weighted by atomic mass is 10.3. The SMILES string of the molecule is CCNC(=O)OCC(COC(=O)NCC)OCCCC(=O)NCCNC(=O)CCN1C(=O)C=CC1=O. The predicted molar refractivity (Wildman–Crippen MR) is 126 cm³/mol. The van der Waals surface area contributed by atoms with Crippen molar-refractivity contribution >= 4 is 35.8 Å². The molecule has 0 fully saturated rings. The number of nitrogens with one attached hydrogen (secondary N) is 4. The maximum atomic E-state index is 12.0. The molecule has 0 unspecified atom stereocenters. The smallest absolute Gasteiger partial charge is 0.407 e. The number of nitrogens with zero attached hydrogens (tertiary/aromatic N) is 1. The molecule has 14 nitrogen and oxygen atoms in total. The molecule has 0 saturated heterocycles. The molecule has 4 N–H and O–H groups in total. The summed E-state index contributed by atoms with van der Waals surface area (Å²) in [6, 6.07) is 0. The summed E-state index contributed by atoms with van der Waals surface area (Å²) in [5.41, 5.74) is 0. The average Bonchev–Trinajstić information content (AvgIpc) is 3.16. The zero-order valence-electron chi connectivity index (χ0n) is 20.6. The van der Waals surface area contributed by atoms with Crippen LogP contribution >= 0.6 is 0 Å². The van der Waals surface area contributed by atoms with Crippen LogP contribution in [0.2, 0.25) is 0 Å². The van der Waals surface area contributed by atoms with Gasteiger partial charge in [0.25, 0.3) is 11.8 Å². The Hall–Kier alpha value is -3.68. The number of hydrogen-bond donors (Lipinski definition) is 4. The van der Waals surface area contributed by atoms with Gasteiger partial charge in [-0.3, -0.25) is 24.1 Å². The largest absolute Gasteiger partial charge is 0.447 e. The number of imide groups is 1. The Morgan fingerprint density at radius 3 is 1.81 bits per heavy atom. The van der Waals surface area contributed by atoms with Crippen molar-refractivity contribution in [3.63, 3.8) is 0 Å². The van der Waals surface area contributed by atoms with Crippen molar-refractivity contribution < 1.29 is 43.0 Å². The lowest BCUT2D eigenvalue weighted by Crippen LogP contribution is -2.37. The summed E-state index contributed by atoms with van der Waals surface area (Å²) in [5.74, 6) is -1.49. The molecule has 0 aromatic carbocycles. The van der Waals surface area contributed by atoms with Crippen molar-refractivity contribution in [3.8, 4) is 0 Å². The topological polar surface area (TPSA) is 181 Å². The monoisotopic (exact) mass is 513 g/mol. The van der Waals surface area contributed by atoms with Gasteiger partial charge in [0.1, 0.15) is 19.3 Å². The van der Waals surface area contributed by atoms with Gasteiger partial charge in [0.2, 0.25) is 11.8 Å². The summed E-state index contributed by atoms with van der Waals surface area (Å²) in [7, 11) is 0. The Kier molecular flexibility index (Phi) is 14.9. The molecule has 36 heavy (non-hydrogen) atoms. The number of carbonyl (C=O) groups is 6. The first-order chi connectivity index (χ1) is 17.3. The van der Waals surface area contributed by atoms with Crippen LogP contribution in [0.15, 0.2) is 12.2 Å². The van der Waals surface area contributed by atoms with Gasteiger partial charge in [-0.25, -0.2) is 9.59 Å². The zero-order chi connectivity index (χ0) is 26.8. The van der Waals surface area contributed by atoms with Crippen LogP contribution in [-0.4, -0.2) is 99.4 Å². The van der Waals surface area contributed by atoms with E-state index in [4.69, 9.17) is 14.2 Å². The molecule has 0 spiro atoms. The number of ether oxygens (including phenoxy) is 3. The van der Waals surface area contributed by atoms with Crippen molar-refractivity contribution in [1.29, 1.82) is 0 Å². The normalized spacial score (nSPS) is 12.5. The molecule has 14 heteroatoms. The predicted octanol–water partition coefficient (Wildman–Crippen LogP) is -0.808. The Morgan fingerprint density at radius 2 is 1.31 bits per heavy atom. The molecule has 1 aliphatic rings. The van der Waals surface area contributed by atoms with Gasteiger partial charge >= 0.3 is 12.2 Å². The molecule has 0 aliphatic carbocycles. The fraction of sp³-hybridized carbons (Fsp3) is 0.636. The highest BCUT2D eigenvalue weighted by Crippen LogP contribution is 2.04. The molecule has 1 heterocycles. The van der Waals surface area contributed by atoms with Gasteiger partial charge in [0.05, 0.1) is 0 Å². The molecule has 0 atom stereocenters. The Labute approximate surface area is 209 Å². The minimum Gasteiger partial charge on any atom is -0.447 e.